The molecule has 0 bridgehead atoms. The molecule has 1 amide bonds. The predicted molar refractivity (Wildman–Crippen MR) is 104 cm³/mol. The van der Waals surface area contributed by atoms with Crippen LogP contribution >= 0.6 is 23.7 Å². The van der Waals surface area contributed by atoms with E-state index in [0.29, 0.717) is 22.2 Å². The lowest BCUT2D eigenvalue weighted by Gasteiger charge is -2.32. The third-order valence-electron chi connectivity index (χ3n) is 4.33. The van der Waals surface area contributed by atoms with E-state index in [-0.39, 0.29) is 24.0 Å². The summed E-state index contributed by atoms with van der Waals surface area (Å²) in [6.07, 6.45) is 2.13. The minimum Gasteiger partial charge on any atom is -0.337 e. The van der Waals surface area contributed by atoms with Gasteiger partial charge in [-0.15, -0.1) is 23.7 Å². The molecule has 1 aromatic heterocycles. The van der Waals surface area contributed by atoms with Gasteiger partial charge in [-0.3, -0.25) is 14.9 Å². The number of nitrogens with one attached hydrogen (secondary N) is 1. The van der Waals surface area contributed by atoms with E-state index in [1.807, 2.05) is 11.9 Å². The maximum Gasteiger partial charge on any atom is 0.273 e. The number of thiazole rings is 1. The monoisotopic (exact) mass is 396 g/mol. The molecule has 1 aromatic carbocycles. The lowest BCUT2D eigenvalue weighted by Crippen LogP contribution is -2.42. The van der Waals surface area contributed by atoms with Crippen LogP contribution in [0.3, 0.4) is 0 Å². The molecule has 0 radical (unpaired) electrons. The zero-order chi connectivity index (χ0) is 17.8. The van der Waals surface area contributed by atoms with Gasteiger partial charge in [0.2, 0.25) is 0 Å². The number of piperidine rings is 1. The topological polar surface area (TPSA) is 88.4 Å². The predicted octanol–water partition coefficient (Wildman–Crippen LogP) is 3.21. The molecular weight excluding hydrogens is 376 g/mol. The smallest absolute Gasteiger partial charge is 0.273 e. The molecular formula is C17H21ClN4O3S. The standard InChI is InChI=1S/C17H20N4O3S.ClH/c1-18-9-12-4-3-7-20(10-12)17(22)15-11-25-16(19-15)13-5-2-6-14(8-13)21(23)24;/h2,5-6,8,11-12,18H,3-4,7,9-10H2,1H3;1H. The Morgan fingerprint density at radius 2 is 2.31 bits per heavy atom. The first-order chi connectivity index (χ1) is 12.1. The van der Waals surface area contributed by atoms with Crippen LogP contribution in [-0.2, 0) is 0 Å². The number of likely N-dealkylation sites (tertiary alicyclic amines) is 1. The molecule has 2 aromatic rings. The molecule has 2 heterocycles. The summed E-state index contributed by atoms with van der Waals surface area (Å²) in [5.74, 6) is 0.409. The maximum atomic E-state index is 12.7. The number of nitro groups is 1. The summed E-state index contributed by atoms with van der Waals surface area (Å²) in [6.45, 7) is 2.39. The molecule has 26 heavy (non-hydrogen) atoms. The van der Waals surface area contributed by atoms with Gasteiger partial charge >= 0.3 is 0 Å². The quantitative estimate of drug-likeness (QED) is 0.619. The van der Waals surface area contributed by atoms with Gasteiger partial charge in [0.1, 0.15) is 10.7 Å². The summed E-state index contributed by atoms with van der Waals surface area (Å²) in [5.41, 5.74) is 1.09. The summed E-state index contributed by atoms with van der Waals surface area (Å²) in [4.78, 5) is 29.5. The fraction of sp³-hybridized carbons (Fsp3) is 0.412. The minimum atomic E-state index is -0.432. The molecule has 1 aliphatic heterocycles. The number of hydrogen-bond acceptors (Lipinski definition) is 6. The van der Waals surface area contributed by atoms with Crippen molar-refractivity contribution in [3.05, 3.63) is 45.5 Å². The van der Waals surface area contributed by atoms with Crippen molar-refractivity contribution in [2.75, 3.05) is 26.7 Å². The van der Waals surface area contributed by atoms with Gasteiger partial charge in [-0.25, -0.2) is 4.98 Å². The average Bonchev–Trinajstić information content (AvgIpc) is 3.12. The van der Waals surface area contributed by atoms with Crippen LogP contribution in [0.25, 0.3) is 10.6 Å². The van der Waals surface area contributed by atoms with E-state index in [9.17, 15) is 14.9 Å². The molecule has 9 heteroatoms. The van der Waals surface area contributed by atoms with Crippen molar-refractivity contribution in [2.45, 2.75) is 12.8 Å². The Morgan fingerprint density at radius 1 is 1.50 bits per heavy atom. The van der Waals surface area contributed by atoms with Crippen molar-refractivity contribution in [1.29, 1.82) is 0 Å². The number of nitro benzene ring substituents is 1. The van der Waals surface area contributed by atoms with E-state index in [0.717, 1.165) is 32.5 Å². The van der Waals surface area contributed by atoms with Gasteiger partial charge in [0, 0.05) is 36.2 Å². The van der Waals surface area contributed by atoms with Gasteiger partial charge in [-0.1, -0.05) is 12.1 Å². The lowest BCUT2D eigenvalue weighted by atomic mass is 9.98. The number of carbonyl (C=O) groups is 1. The Balaban J connectivity index is 0.00000243. The normalized spacial score (nSPS) is 16.8. The molecule has 1 unspecified atom stereocenters. The van der Waals surface area contributed by atoms with E-state index in [2.05, 4.69) is 10.3 Å². The zero-order valence-electron chi connectivity index (χ0n) is 14.4. The molecule has 1 fully saturated rings. The maximum absolute atomic E-state index is 12.7. The number of aromatic nitrogens is 1. The van der Waals surface area contributed by atoms with Crippen LogP contribution in [0.5, 0.6) is 0 Å². The Bertz CT molecular complexity index is 781. The summed E-state index contributed by atoms with van der Waals surface area (Å²) in [5, 5.41) is 16.4. The molecule has 1 saturated heterocycles. The first-order valence-corrected chi connectivity index (χ1v) is 9.10. The third-order valence-corrected chi connectivity index (χ3v) is 5.22. The highest BCUT2D eigenvalue weighted by molar-refractivity contribution is 7.13. The highest BCUT2D eigenvalue weighted by atomic mass is 35.5. The van der Waals surface area contributed by atoms with Gasteiger partial charge in [-0.2, -0.15) is 0 Å². The second-order valence-corrected chi connectivity index (χ2v) is 7.02. The number of halogens is 1. The number of benzene rings is 1. The van der Waals surface area contributed by atoms with Crippen molar-refractivity contribution < 1.29 is 9.72 Å². The number of non-ortho nitro benzene ring substituents is 1. The van der Waals surface area contributed by atoms with Gasteiger partial charge < -0.3 is 10.2 Å². The summed E-state index contributed by atoms with van der Waals surface area (Å²) in [6, 6.07) is 6.32. The van der Waals surface area contributed by atoms with Crippen LogP contribution in [0.4, 0.5) is 5.69 Å². The molecule has 0 saturated carbocycles. The van der Waals surface area contributed by atoms with Crippen LogP contribution in [-0.4, -0.2) is 47.4 Å². The van der Waals surface area contributed by atoms with Gasteiger partial charge in [-0.05, 0) is 32.4 Å². The van der Waals surface area contributed by atoms with Crippen molar-refractivity contribution in [3.8, 4) is 10.6 Å². The summed E-state index contributed by atoms with van der Waals surface area (Å²) < 4.78 is 0. The molecule has 140 valence electrons. The summed E-state index contributed by atoms with van der Waals surface area (Å²) >= 11 is 1.33. The Hall–Kier alpha value is -2.03. The van der Waals surface area contributed by atoms with E-state index >= 15 is 0 Å². The molecule has 1 N–H and O–H groups in total. The van der Waals surface area contributed by atoms with Crippen molar-refractivity contribution in [1.82, 2.24) is 15.2 Å². The molecule has 0 spiro atoms. The fourth-order valence-corrected chi connectivity index (χ4v) is 3.91. The van der Waals surface area contributed by atoms with E-state index in [4.69, 9.17) is 0 Å². The van der Waals surface area contributed by atoms with Crippen LogP contribution in [0.15, 0.2) is 29.6 Å². The van der Waals surface area contributed by atoms with Crippen molar-refractivity contribution in [2.24, 2.45) is 5.92 Å². The first kappa shape index (κ1) is 20.3. The van der Waals surface area contributed by atoms with Gasteiger partial charge in [0.15, 0.2) is 0 Å². The Kier molecular flexibility index (Phi) is 7.07. The van der Waals surface area contributed by atoms with Gasteiger partial charge in [0.05, 0.1) is 4.92 Å². The van der Waals surface area contributed by atoms with Crippen LogP contribution in [0, 0.1) is 16.0 Å². The van der Waals surface area contributed by atoms with Crippen molar-refractivity contribution in [3.63, 3.8) is 0 Å². The second kappa shape index (κ2) is 9.07. The van der Waals surface area contributed by atoms with E-state index in [1.165, 1.54) is 23.5 Å². The molecule has 1 aliphatic rings. The first-order valence-electron chi connectivity index (χ1n) is 8.22. The van der Waals surface area contributed by atoms with Crippen LogP contribution in [0.1, 0.15) is 23.3 Å². The van der Waals surface area contributed by atoms with E-state index in [1.54, 1.807) is 17.5 Å². The zero-order valence-corrected chi connectivity index (χ0v) is 16.0. The molecule has 0 aliphatic carbocycles. The second-order valence-electron chi connectivity index (χ2n) is 6.16. The lowest BCUT2D eigenvalue weighted by molar-refractivity contribution is -0.384. The fourth-order valence-electron chi connectivity index (χ4n) is 3.12. The number of rotatable bonds is 5. The minimum absolute atomic E-state index is 0. The Labute approximate surface area is 162 Å². The average molecular weight is 397 g/mol. The molecule has 3 rings (SSSR count). The number of carbonyl (C=O) groups excluding carboxylic acids is 1. The number of amides is 1. The van der Waals surface area contributed by atoms with E-state index < -0.39 is 4.92 Å². The highest BCUT2D eigenvalue weighted by Crippen LogP contribution is 2.28. The summed E-state index contributed by atoms with van der Waals surface area (Å²) in [7, 11) is 1.92. The van der Waals surface area contributed by atoms with Crippen LogP contribution < -0.4 is 5.32 Å². The third kappa shape index (κ3) is 4.57. The molecule has 7 nitrogen and oxygen atoms in total. The largest absolute Gasteiger partial charge is 0.337 e. The number of hydrogen-bond donors (Lipinski definition) is 1. The molecule has 1 atom stereocenters. The van der Waals surface area contributed by atoms with Crippen LogP contribution in [0.2, 0.25) is 0 Å². The highest BCUT2D eigenvalue weighted by Gasteiger charge is 2.25. The number of nitrogens with zero attached hydrogens (tertiary/aromatic N) is 3. The van der Waals surface area contributed by atoms with Crippen molar-refractivity contribution >= 4 is 35.3 Å². The SMILES string of the molecule is CNCC1CCCN(C(=O)c2csc(-c3cccc([N+](=O)[O-])c3)n2)C1.Cl. The van der Waals surface area contributed by atoms with Gasteiger partial charge in [0.25, 0.3) is 11.6 Å². The Morgan fingerprint density at radius 3 is 3.04 bits per heavy atom.